The minimum absolute atomic E-state index is 0.00546. The fraction of sp³-hybridized carbons (Fsp3) is 0.429. The number of fused-ring (bicyclic) bond motifs is 2. The van der Waals surface area contributed by atoms with Crippen molar-refractivity contribution in [2.24, 2.45) is 0 Å². The van der Waals surface area contributed by atoms with Gasteiger partial charge in [-0.05, 0) is 49.4 Å². The molecule has 1 saturated heterocycles. The lowest BCUT2D eigenvalue weighted by Gasteiger charge is -2.35. The highest BCUT2D eigenvalue weighted by Crippen LogP contribution is 2.23. The minimum atomic E-state index is -0.498. The van der Waals surface area contributed by atoms with E-state index in [1.807, 2.05) is 6.07 Å². The van der Waals surface area contributed by atoms with Gasteiger partial charge < -0.3 is 14.2 Å². The number of nitrogens with zero attached hydrogens (tertiary/aromatic N) is 5. The van der Waals surface area contributed by atoms with Gasteiger partial charge in [0, 0.05) is 26.2 Å². The van der Waals surface area contributed by atoms with Gasteiger partial charge in [-0.3, -0.25) is 9.36 Å². The Morgan fingerprint density at radius 2 is 1.83 bits per heavy atom. The van der Waals surface area contributed by atoms with Crippen molar-refractivity contribution in [3.8, 4) is 0 Å². The molecule has 3 aromatic rings. The molecule has 3 heterocycles. The molecule has 0 saturated carbocycles. The lowest BCUT2D eigenvalue weighted by Crippen LogP contribution is -2.50. The number of anilines is 1. The van der Waals surface area contributed by atoms with Crippen molar-refractivity contribution in [3.05, 3.63) is 52.1 Å². The lowest BCUT2D eigenvalue weighted by atomic mass is 9.97. The van der Waals surface area contributed by atoms with E-state index >= 15 is 0 Å². The van der Waals surface area contributed by atoms with E-state index in [0.29, 0.717) is 37.3 Å². The number of aryl methyl sites for hydroxylation is 2. The van der Waals surface area contributed by atoms with Gasteiger partial charge in [0.2, 0.25) is 5.91 Å². The molecule has 1 aliphatic heterocycles. The third-order valence-electron chi connectivity index (χ3n) is 5.88. The quantitative estimate of drug-likeness (QED) is 0.672. The van der Waals surface area contributed by atoms with Gasteiger partial charge in [0.1, 0.15) is 6.54 Å². The van der Waals surface area contributed by atoms with E-state index in [0.717, 1.165) is 24.4 Å². The first-order valence-electron chi connectivity index (χ1n) is 10.2. The summed E-state index contributed by atoms with van der Waals surface area (Å²) < 4.78 is 6.62. The van der Waals surface area contributed by atoms with Crippen molar-refractivity contribution in [2.75, 3.05) is 31.1 Å². The van der Waals surface area contributed by atoms with Gasteiger partial charge >= 0.3 is 5.76 Å². The third-order valence-corrected chi connectivity index (χ3v) is 5.88. The molecular weight excluding hydrogens is 370 g/mol. The summed E-state index contributed by atoms with van der Waals surface area (Å²) in [7, 11) is 0. The normalized spacial score (nSPS) is 16.8. The van der Waals surface area contributed by atoms with Crippen LogP contribution in [0.1, 0.15) is 24.1 Å². The molecule has 5 rings (SSSR count). The van der Waals surface area contributed by atoms with Gasteiger partial charge in [-0.15, -0.1) is 5.10 Å². The van der Waals surface area contributed by atoms with Crippen molar-refractivity contribution < 1.29 is 9.21 Å². The summed E-state index contributed by atoms with van der Waals surface area (Å²) in [6.45, 7) is 2.61. The summed E-state index contributed by atoms with van der Waals surface area (Å²) in [6.07, 6.45) is 4.50. The Labute approximate surface area is 167 Å². The second kappa shape index (κ2) is 7.35. The number of benzene rings is 1. The van der Waals surface area contributed by atoms with Crippen LogP contribution in [0.3, 0.4) is 0 Å². The van der Waals surface area contributed by atoms with Crippen molar-refractivity contribution >= 4 is 22.8 Å². The zero-order chi connectivity index (χ0) is 19.8. The SMILES string of the molecule is O=C(Cn1c(=O)oc2ccccc21)N1CCN(c2cc3c(nn2)CCCC3)CC1. The molecule has 1 amide bonds. The van der Waals surface area contributed by atoms with E-state index < -0.39 is 5.76 Å². The molecule has 29 heavy (non-hydrogen) atoms. The number of carbonyl (C=O) groups excluding carboxylic acids is 1. The molecule has 0 N–H and O–H groups in total. The summed E-state index contributed by atoms with van der Waals surface area (Å²) in [4.78, 5) is 28.9. The molecule has 0 bridgehead atoms. The highest BCUT2D eigenvalue weighted by molar-refractivity contribution is 5.79. The zero-order valence-electron chi connectivity index (χ0n) is 16.2. The molecule has 8 heteroatoms. The Morgan fingerprint density at radius 3 is 2.69 bits per heavy atom. The van der Waals surface area contributed by atoms with Crippen LogP contribution in [0.2, 0.25) is 0 Å². The zero-order valence-corrected chi connectivity index (χ0v) is 16.2. The van der Waals surface area contributed by atoms with Crippen LogP contribution in [-0.4, -0.2) is 51.8 Å². The summed E-state index contributed by atoms with van der Waals surface area (Å²) in [6, 6.07) is 9.32. The molecule has 2 aliphatic rings. The predicted molar refractivity (Wildman–Crippen MR) is 108 cm³/mol. The Balaban J connectivity index is 1.25. The van der Waals surface area contributed by atoms with E-state index in [1.165, 1.54) is 23.0 Å². The van der Waals surface area contributed by atoms with Gasteiger partial charge in [0.15, 0.2) is 11.4 Å². The van der Waals surface area contributed by atoms with Crippen molar-refractivity contribution in [3.63, 3.8) is 0 Å². The molecule has 1 fully saturated rings. The Kier molecular flexibility index (Phi) is 4.54. The van der Waals surface area contributed by atoms with E-state index in [1.54, 1.807) is 23.1 Å². The fourth-order valence-electron chi connectivity index (χ4n) is 4.22. The van der Waals surface area contributed by atoms with Crippen LogP contribution in [0.15, 0.2) is 39.5 Å². The van der Waals surface area contributed by atoms with E-state index in [4.69, 9.17) is 4.42 Å². The summed E-state index contributed by atoms with van der Waals surface area (Å²) in [5.41, 5.74) is 3.59. The Morgan fingerprint density at radius 1 is 1.03 bits per heavy atom. The fourth-order valence-corrected chi connectivity index (χ4v) is 4.22. The van der Waals surface area contributed by atoms with Crippen molar-refractivity contribution in [1.82, 2.24) is 19.7 Å². The summed E-state index contributed by atoms with van der Waals surface area (Å²) in [5, 5.41) is 8.82. The number of carbonyl (C=O) groups is 1. The van der Waals surface area contributed by atoms with E-state index in [2.05, 4.69) is 21.2 Å². The van der Waals surface area contributed by atoms with Crippen LogP contribution < -0.4 is 10.7 Å². The average molecular weight is 393 g/mol. The van der Waals surface area contributed by atoms with Gasteiger partial charge in [-0.1, -0.05) is 12.1 Å². The van der Waals surface area contributed by atoms with Crippen LogP contribution in [0.5, 0.6) is 0 Å². The smallest absolute Gasteiger partial charge is 0.408 e. The number of aromatic nitrogens is 3. The second-order valence-corrected chi connectivity index (χ2v) is 7.67. The number of hydrogen-bond acceptors (Lipinski definition) is 6. The maximum Gasteiger partial charge on any atom is 0.420 e. The maximum atomic E-state index is 12.8. The van der Waals surface area contributed by atoms with Crippen LogP contribution in [0.4, 0.5) is 5.82 Å². The predicted octanol–water partition coefficient (Wildman–Crippen LogP) is 1.61. The highest BCUT2D eigenvalue weighted by atomic mass is 16.4. The van der Waals surface area contributed by atoms with E-state index in [-0.39, 0.29) is 12.5 Å². The first kappa shape index (κ1) is 17.9. The molecule has 150 valence electrons. The van der Waals surface area contributed by atoms with E-state index in [9.17, 15) is 9.59 Å². The molecule has 8 nitrogen and oxygen atoms in total. The number of para-hydroxylation sites is 2. The van der Waals surface area contributed by atoms with Gasteiger partial charge in [0.25, 0.3) is 0 Å². The monoisotopic (exact) mass is 393 g/mol. The van der Waals surface area contributed by atoms with Crippen LogP contribution >= 0.6 is 0 Å². The van der Waals surface area contributed by atoms with Crippen LogP contribution in [0.25, 0.3) is 11.1 Å². The van der Waals surface area contributed by atoms with Crippen LogP contribution in [0, 0.1) is 0 Å². The number of rotatable bonds is 3. The van der Waals surface area contributed by atoms with Gasteiger partial charge in [-0.2, -0.15) is 5.10 Å². The first-order chi connectivity index (χ1) is 14.2. The average Bonchev–Trinajstić information content (AvgIpc) is 3.08. The number of hydrogen-bond donors (Lipinski definition) is 0. The third kappa shape index (κ3) is 3.39. The summed E-state index contributed by atoms with van der Waals surface area (Å²) in [5.74, 6) is 0.326. The van der Waals surface area contributed by atoms with Gasteiger partial charge in [-0.25, -0.2) is 4.79 Å². The molecule has 0 spiro atoms. The molecular formula is C21H23N5O3. The standard InChI is InChI=1S/C21H23N5O3/c27-20(14-26-17-7-3-4-8-18(17)29-21(26)28)25-11-9-24(10-12-25)19-13-15-5-1-2-6-16(15)22-23-19/h3-4,7-8,13H,1-2,5-6,9-12,14H2. The number of amides is 1. The Bertz CT molecular complexity index is 1110. The topological polar surface area (TPSA) is 84.5 Å². The van der Waals surface area contributed by atoms with Crippen molar-refractivity contribution in [2.45, 2.75) is 32.2 Å². The summed E-state index contributed by atoms with van der Waals surface area (Å²) >= 11 is 0. The lowest BCUT2D eigenvalue weighted by molar-refractivity contribution is -0.132. The first-order valence-corrected chi connectivity index (χ1v) is 10.2. The highest BCUT2D eigenvalue weighted by Gasteiger charge is 2.24. The number of oxazole rings is 1. The molecule has 0 radical (unpaired) electrons. The maximum absolute atomic E-state index is 12.8. The Hall–Kier alpha value is -3.16. The van der Waals surface area contributed by atoms with Crippen LogP contribution in [-0.2, 0) is 24.2 Å². The molecule has 0 unspecified atom stereocenters. The minimum Gasteiger partial charge on any atom is -0.408 e. The molecule has 2 aromatic heterocycles. The second-order valence-electron chi connectivity index (χ2n) is 7.67. The molecule has 0 atom stereocenters. The largest absolute Gasteiger partial charge is 0.420 e. The van der Waals surface area contributed by atoms with Crippen molar-refractivity contribution in [1.29, 1.82) is 0 Å². The van der Waals surface area contributed by atoms with Gasteiger partial charge in [0.05, 0.1) is 11.2 Å². The molecule has 1 aliphatic carbocycles. The molecule has 1 aromatic carbocycles. The number of piperazine rings is 1.